The molecule has 7 rings (SSSR count). The van der Waals surface area contributed by atoms with Crippen molar-refractivity contribution in [3.05, 3.63) is 105 Å². The summed E-state index contributed by atoms with van der Waals surface area (Å²) in [5.41, 5.74) is 5.14. The minimum absolute atomic E-state index is 0.000551. The molecule has 2 aliphatic rings. The van der Waals surface area contributed by atoms with E-state index in [1.165, 1.54) is 6.07 Å². The molecule has 2 fully saturated rings. The molecule has 1 saturated heterocycles. The minimum atomic E-state index is -0.952. The Morgan fingerprint density at radius 1 is 1.14 bits per heavy atom. The van der Waals surface area contributed by atoms with Gasteiger partial charge in [-0.1, -0.05) is 23.7 Å². The number of carboxylic acid groups (broad SMARTS) is 1. The van der Waals surface area contributed by atoms with Gasteiger partial charge in [0.05, 0.1) is 40.9 Å². The van der Waals surface area contributed by atoms with E-state index >= 15 is 0 Å². The first-order chi connectivity index (χ1) is 20.9. The Kier molecular flexibility index (Phi) is 7.36. The Labute approximate surface area is 256 Å². The van der Waals surface area contributed by atoms with Crippen molar-refractivity contribution in [3.63, 3.8) is 0 Å². The number of benzene rings is 2. The van der Waals surface area contributed by atoms with Crippen LogP contribution < -0.4 is 4.74 Å². The highest BCUT2D eigenvalue weighted by molar-refractivity contribution is 7.09. The second-order valence-electron chi connectivity index (χ2n) is 11.4. The van der Waals surface area contributed by atoms with Gasteiger partial charge in [0.15, 0.2) is 0 Å². The maximum absolute atomic E-state index is 14.2. The van der Waals surface area contributed by atoms with Crippen molar-refractivity contribution in [3.8, 4) is 5.88 Å². The zero-order chi connectivity index (χ0) is 29.6. The SMILES string of the molecule is O=C(O)c1ccc2nc(CN3CC[C@@]4(c5cccc(OCc6ccc(Cl)cc6F)n5)CC[C@H]4C3)n(Cc3cncs3)c2c1. The van der Waals surface area contributed by atoms with Crippen LogP contribution in [0.1, 0.15) is 51.6 Å². The number of likely N-dealkylation sites (tertiary alicyclic amines) is 1. The van der Waals surface area contributed by atoms with Crippen LogP contribution in [0.4, 0.5) is 4.39 Å². The summed E-state index contributed by atoms with van der Waals surface area (Å²) < 4.78 is 22.3. The monoisotopic (exact) mass is 617 g/mol. The molecule has 43 heavy (non-hydrogen) atoms. The van der Waals surface area contributed by atoms with Crippen molar-refractivity contribution in [1.29, 1.82) is 0 Å². The van der Waals surface area contributed by atoms with Gasteiger partial charge in [0.25, 0.3) is 0 Å². The summed E-state index contributed by atoms with van der Waals surface area (Å²) in [6.45, 7) is 3.17. The summed E-state index contributed by atoms with van der Waals surface area (Å²) in [5.74, 6) is 0.520. The summed E-state index contributed by atoms with van der Waals surface area (Å²) in [7, 11) is 0. The Hall–Kier alpha value is -3.86. The molecule has 0 unspecified atom stereocenters. The molecule has 8 nitrogen and oxygen atoms in total. The lowest BCUT2D eigenvalue weighted by Crippen LogP contribution is -2.56. The van der Waals surface area contributed by atoms with E-state index in [4.69, 9.17) is 26.3 Å². The molecule has 1 saturated carbocycles. The Balaban J connectivity index is 1.08. The van der Waals surface area contributed by atoms with E-state index in [2.05, 4.69) is 20.5 Å². The lowest BCUT2D eigenvalue weighted by Gasteiger charge is -2.55. The summed E-state index contributed by atoms with van der Waals surface area (Å²) in [6.07, 6.45) is 5.02. The number of hydrogen-bond donors (Lipinski definition) is 1. The fourth-order valence-electron chi connectivity index (χ4n) is 6.50. The summed E-state index contributed by atoms with van der Waals surface area (Å²) in [4.78, 5) is 29.3. The van der Waals surface area contributed by atoms with E-state index in [0.29, 0.717) is 35.5 Å². The maximum Gasteiger partial charge on any atom is 0.335 e. The second kappa shape index (κ2) is 11.3. The number of imidazole rings is 1. The first-order valence-electron chi connectivity index (χ1n) is 14.2. The van der Waals surface area contributed by atoms with Crippen LogP contribution in [0.5, 0.6) is 5.88 Å². The largest absolute Gasteiger partial charge is 0.478 e. The third-order valence-corrected chi connectivity index (χ3v) is 9.93. The van der Waals surface area contributed by atoms with Gasteiger partial charge in [-0.2, -0.15) is 0 Å². The lowest BCUT2D eigenvalue weighted by molar-refractivity contribution is 0.00445. The molecular weight excluding hydrogens is 589 g/mol. The van der Waals surface area contributed by atoms with Gasteiger partial charge in [-0.05, 0) is 68.1 Å². The molecule has 11 heteroatoms. The smallest absolute Gasteiger partial charge is 0.335 e. The van der Waals surface area contributed by atoms with Crippen molar-refractivity contribution in [2.75, 3.05) is 13.1 Å². The number of pyridine rings is 1. The fourth-order valence-corrected chi connectivity index (χ4v) is 7.24. The number of aromatic carboxylic acids is 1. The number of carboxylic acids is 1. The molecule has 0 radical (unpaired) electrons. The van der Waals surface area contributed by atoms with E-state index < -0.39 is 11.8 Å². The first-order valence-corrected chi connectivity index (χ1v) is 15.5. The van der Waals surface area contributed by atoms with Crippen molar-refractivity contribution >= 4 is 39.9 Å². The van der Waals surface area contributed by atoms with Gasteiger partial charge in [-0.3, -0.25) is 9.88 Å². The maximum atomic E-state index is 14.2. The van der Waals surface area contributed by atoms with E-state index in [-0.39, 0.29) is 17.6 Å². The van der Waals surface area contributed by atoms with Crippen molar-refractivity contribution < 1.29 is 19.0 Å². The highest BCUT2D eigenvalue weighted by Gasteiger charge is 2.51. The number of aromatic nitrogens is 4. The van der Waals surface area contributed by atoms with E-state index in [0.717, 1.165) is 59.8 Å². The van der Waals surface area contributed by atoms with Crippen LogP contribution in [-0.4, -0.2) is 48.6 Å². The lowest BCUT2D eigenvalue weighted by atomic mass is 9.55. The topological polar surface area (TPSA) is 93.4 Å². The highest BCUT2D eigenvalue weighted by atomic mass is 35.5. The molecule has 0 spiro atoms. The normalized spacial score (nSPS) is 20.1. The van der Waals surface area contributed by atoms with Crippen LogP contribution >= 0.6 is 22.9 Å². The number of hydrogen-bond acceptors (Lipinski definition) is 7. The predicted octanol–water partition coefficient (Wildman–Crippen LogP) is 6.56. The van der Waals surface area contributed by atoms with Crippen LogP contribution in [-0.2, 0) is 25.1 Å². The average Bonchev–Trinajstić information content (AvgIpc) is 3.62. The van der Waals surface area contributed by atoms with Gasteiger partial charge in [0.1, 0.15) is 18.2 Å². The summed E-state index contributed by atoms with van der Waals surface area (Å²) >= 11 is 7.46. The third kappa shape index (κ3) is 5.39. The van der Waals surface area contributed by atoms with Gasteiger partial charge < -0.3 is 14.4 Å². The molecular formula is C32H29ClFN5O3S. The number of halogens is 2. The average molecular weight is 618 g/mol. The molecule has 3 aromatic heterocycles. The number of fused-ring (bicyclic) bond motifs is 2. The molecule has 1 aliphatic heterocycles. The zero-order valence-electron chi connectivity index (χ0n) is 23.2. The molecule has 0 bridgehead atoms. The number of carbonyl (C=O) groups is 1. The van der Waals surface area contributed by atoms with E-state index in [1.54, 1.807) is 41.7 Å². The number of ether oxygens (including phenoxy) is 1. The third-order valence-electron chi connectivity index (χ3n) is 8.93. The minimum Gasteiger partial charge on any atom is -0.478 e. The first kappa shape index (κ1) is 27.9. The molecule has 4 heterocycles. The molecule has 1 N–H and O–H groups in total. The number of thiazole rings is 1. The van der Waals surface area contributed by atoms with E-state index in [1.807, 2.05) is 23.8 Å². The summed E-state index contributed by atoms with van der Waals surface area (Å²) in [6, 6.07) is 15.6. The fraction of sp³-hybridized carbons (Fsp3) is 0.312. The van der Waals surface area contributed by atoms with Crippen LogP contribution in [0.25, 0.3) is 11.0 Å². The van der Waals surface area contributed by atoms with Gasteiger partial charge >= 0.3 is 5.97 Å². The van der Waals surface area contributed by atoms with Crippen molar-refractivity contribution in [2.24, 2.45) is 5.92 Å². The van der Waals surface area contributed by atoms with Gasteiger partial charge in [0.2, 0.25) is 5.88 Å². The summed E-state index contributed by atoms with van der Waals surface area (Å²) in [5, 5.41) is 9.93. The van der Waals surface area contributed by atoms with Crippen molar-refractivity contribution in [1.82, 2.24) is 24.4 Å². The van der Waals surface area contributed by atoms with Crippen LogP contribution in [0.3, 0.4) is 0 Å². The number of rotatable bonds is 9. The number of nitrogens with zero attached hydrogens (tertiary/aromatic N) is 5. The molecule has 5 aromatic rings. The zero-order valence-corrected chi connectivity index (χ0v) is 24.8. The van der Waals surface area contributed by atoms with Gasteiger partial charge in [0, 0.05) is 39.7 Å². The molecule has 0 amide bonds. The highest BCUT2D eigenvalue weighted by Crippen LogP contribution is 2.53. The Morgan fingerprint density at radius 3 is 2.79 bits per heavy atom. The Bertz CT molecular complexity index is 1810. The molecule has 1 aliphatic carbocycles. The van der Waals surface area contributed by atoms with Gasteiger partial charge in [-0.15, -0.1) is 11.3 Å². The van der Waals surface area contributed by atoms with E-state index in [9.17, 15) is 14.3 Å². The van der Waals surface area contributed by atoms with Crippen LogP contribution in [0, 0.1) is 11.7 Å². The Morgan fingerprint density at radius 2 is 2.05 bits per heavy atom. The van der Waals surface area contributed by atoms with Gasteiger partial charge in [-0.25, -0.2) is 19.2 Å². The molecule has 2 aromatic carbocycles. The molecule has 220 valence electrons. The number of piperidine rings is 1. The predicted molar refractivity (Wildman–Crippen MR) is 162 cm³/mol. The quantitative estimate of drug-likeness (QED) is 0.200. The van der Waals surface area contributed by atoms with Crippen LogP contribution in [0.15, 0.2) is 66.3 Å². The van der Waals surface area contributed by atoms with Crippen molar-refractivity contribution in [2.45, 2.75) is 44.4 Å². The van der Waals surface area contributed by atoms with Crippen LogP contribution in [0.2, 0.25) is 5.02 Å². The standard InChI is InChI=1S/C32H29ClFN5O3S/c33-23-6-4-21(25(34)13-23)18-42-30-3-1-2-28(37-30)32-9-8-22(32)15-38(11-10-32)17-29-36-26-7-5-20(31(40)41)12-27(26)39(29)16-24-14-35-19-43-24/h1-7,12-14,19,22H,8-11,15-18H2,(H,40,41)/t22-,32-/m0/s1. The molecule has 2 atom stereocenters. The second-order valence-corrected chi connectivity index (χ2v) is 12.8.